The zero-order valence-electron chi connectivity index (χ0n) is 34.1. The van der Waals surface area contributed by atoms with Gasteiger partial charge in [0.2, 0.25) is 0 Å². The largest absolute Gasteiger partial charge is 0.444 e. The first-order valence-corrected chi connectivity index (χ1v) is 20.6. The van der Waals surface area contributed by atoms with Crippen molar-refractivity contribution in [2.75, 3.05) is 6.54 Å². The van der Waals surface area contributed by atoms with E-state index in [9.17, 15) is 9.59 Å². The number of alkyl halides is 2. The predicted octanol–water partition coefficient (Wildman–Crippen LogP) is 10.8. The average molecular weight is 789 g/mol. The minimum absolute atomic E-state index is 0.0379. The van der Waals surface area contributed by atoms with Crippen molar-refractivity contribution in [2.45, 2.75) is 122 Å². The Balaban J connectivity index is 0.920. The van der Waals surface area contributed by atoms with Crippen LogP contribution in [0.3, 0.4) is 0 Å². The Morgan fingerprint density at radius 1 is 0.828 bits per heavy atom. The molecule has 4 fully saturated rings. The van der Waals surface area contributed by atoms with Crippen molar-refractivity contribution in [3.05, 3.63) is 83.6 Å². The molecule has 0 radical (unpaired) electrons. The second kappa shape index (κ2) is 12.1. The van der Waals surface area contributed by atoms with Gasteiger partial charge in [-0.05, 0) is 145 Å². The first-order valence-electron chi connectivity index (χ1n) is 20.6. The Kier molecular flexibility index (Phi) is 7.75. The topological polar surface area (TPSA) is 116 Å². The second-order valence-electron chi connectivity index (χ2n) is 19.6. The molecule has 2 saturated carbocycles. The fraction of sp³-hybridized carbons (Fsp3) is 0.478. The molecule has 1 spiro atoms. The summed E-state index contributed by atoms with van der Waals surface area (Å²) in [5.74, 6) is -1.64. The molecule has 10 nitrogen and oxygen atoms in total. The zero-order chi connectivity index (χ0) is 40.7. The number of benzene rings is 3. The van der Waals surface area contributed by atoms with E-state index in [1.807, 2.05) is 76.8 Å². The van der Waals surface area contributed by atoms with Crippen LogP contribution in [0.15, 0.2) is 60.8 Å². The molecule has 4 atom stereocenters. The number of amides is 2. The number of ether oxygens (including phenoxy) is 2. The lowest BCUT2D eigenvalue weighted by atomic mass is 9.84. The number of aromatic nitrogens is 4. The van der Waals surface area contributed by atoms with Crippen molar-refractivity contribution >= 4 is 23.2 Å². The molecule has 2 bridgehead atoms. The molecule has 5 aliphatic rings. The molecule has 3 aromatic carbocycles. The minimum atomic E-state index is -3.23. The number of fused-ring (bicyclic) bond motifs is 6. The smallest absolute Gasteiger partial charge is 0.411 e. The van der Waals surface area contributed by atoms with Gasteiger partial charge in [-0.2, -0.15) is 8.78 Å². The van der Waals surface area contributed by atoms with Gasteiger partial charge in [-0.15, -0.1) is 0 Å². The normalized spacial score (nSPS) is 25.1. The number of rotatable bonds is 4. The highest BCUT2D eigenvalue weighted by molar-refractivity contribution is 5.87. The molecule has 10 rings (SSSR count). The predicted molar refractivity (Wildman–Crippen MR) is 216 cm³/mol. The summed E-state index contributed by atoms with van der Waals surface area (Å²) in [5, 5.41) is 0. The third kappa shape index (κ3) is 5.83. The van der Waals surface area contributed by atoms with Gasteiger partial charge in [0.1, 0.15) is 28.4 Å². The van der Waals surface area contributed by atoms with E-state index >= 15 is 8.78 Å². The van der Waals surface area contributed by atoms with Crippen molar-refractivity contribution in [2.24, 2.45) is 11.3 Å². The van der Waals surface area contributed by atoms with Crippen molar-refractivity contribution in [1.29, 1.82) is 0 Å². The maximum absolute atomic E-state index is 16.5. The standard InChI is InChI=1S/C46H50F2N6O4/c1-42(2,3)57-40(55)53-24-45(16-17-45)22-37(53)38-49-23-36(50-38)27-9-14-31-30-13-8-25(18-32(30)46(47,48)33(31)19-27)26-10-15-34-35(20-26)52-39(51-34)44(7)28-11-12-29(21-28)54(44)41(56)58-43(4,5)6/h8-10,13-15,18-20,23,28-29,37H,11-12,16-17,21-22,24H2,1-7H3,(H,49,50)(H,51,52)/t28-,29+,37-,44-/m0/s1. The first-order chi connectivity index (χ1) is 27.3. The summed E-state index contributed by atoms with van der Waals surface area (Å²) in [4.78, 5) is 47.0. The van der Waals surface area contributed by atoms with E-state index < -0.39 is 22.7 Å². The van der Waals surface area contributed by atoms with Crippen LogP contribution in [0.4, 0.5) is 18.4 Å². The van der Waals surface area contributed by atoms with E-state index in [2.05, 4.69) is 21.9 Å². The first kappa shape index (κ1) is 37.0. The van der Waals surface area contributed by atoms with E-state index in [1.165, 1.54) is 0 Å². The lowest BCUT2D eigenvalue weighted by Crippen LogP contribution is -2.53. The van der Waals surface area contributed by atoms with Crippen LogP contribution >= 0.6 is 0 Å². The van der Waals surface area contributed by atoms with Crippen LogP contribution in [0.1, 0.15) is 116 Å². The molecule has 2 saturated heterocycles. The fourth-order valence-corrected chi connectivity index (χ4v) is 10.2. The van der Waals surface area contributed by atoms with Crippen LogP contribution in [-0.4, -0.2) is 65.7 Å². The number of hydrogen-bond acceptors (Lipinski definition) is 6. The summed E-state index contributed by atoms with van der Waals surface area (Å²) in [6.45, 7) is 13.9. The van der Waals surface area contributed by atoms with Gasteiger partial charge < -0.3 is 19.4 Å². The molecule has 2 aromatic heterocycles. The van der Waals surface area contributed by atoms with Crippen LogP contribution < -0.4 is 0 Å². The molecule has 3 aliphatic carbocycles. The quantitative estimate of drug-likeness (QED) is 0.187. The van der Waals surface area contributed by atoms with Crippen LogP contribution in [0.2, 0.25) is 0 Å². The zero-order valence-corrected chi connectivity index (χ0v) is 34.1. The maximum Gasteiger partial charge on any atom is 0.411 e. The molecule has 2 amide bonds. The maximum atomic E-state index is 16.5. The van der Waals surface area contributed by atoms with Crippen LogP contribution in [0.25, 0.3) is 44.5 Å². The van der Waals surface area contributed by atoms with Gasteiger partial charge in [0.05, 0.1) is 29.0 Å². The summed E-state index contributed by atoms with van der Waals surface area (Å²) in [7, 11) is 0. The van der Waals surface area contributed by atoms with Gasteiger partial charge in [0.15, 0.2) is 0 Å². The Morgan fingerprint density at radius 3 is 2.16 bits per heavy atom. The third-order valence-corrected chi connectivity index (χ3v) is 13.3. The Bertz CT molecular complexity index is 2520. The van der Waals surface area contributed by atoms with Gasteiger partial charge in [0, 0.05) is 29.3 Å². The van der Waals surface area contributed by atoms with E-state index in [4.69, 9.17) is 14.5 Å². The Morgan fingerprint density at radius 2 is 1.47 bits per heavy atom. The highest BCUT2D eigenvalue weighted by Gasteiger charge is 2.59. The van der Waals surface area contributed by atoms with E-state index in [0.717, 1.165) is 55.1 Å². The number of H-pyrrole nitrogens is 2. The Hall–Kier alpha value is -5.26. The van der Waals surface area contributed by atoms with Crippen molar-refractivity contribution in [3.63, 3.8) is 0 Å². The second-order valence-corrected chi connectivity index (χ2v) is 19.6. The molecular formula is C46H50F2N6O4. The van der Waals surface area contributed by atoms with Gasteiger partial charge in [0.25, 0.3) is 5.92 Å². The molecule has 2 aliphatic heterocycles. The van der Waals surface area contributed by atoms with Gasteiger partial charge in [-0.25, -0.2) is 19.6 Å². The number of carbonyl (C=O) groups is 2. The molecule has 12 heteroatoms. The molecule has 2 N–H and O–H groups in total. The number of nitrogens with zero attached hydrogens (tertiary/aromatic N) is 4. The van der Waals surface area contributed by atoms with Crippen LogP contribution in [-0.2, 0) is 20.9 Å². The lowest BCUT2D eigenvalue weighted by Gasteiger charge is -2.43. The molecular weight excluding hydrogens is 739 g/mol. The minimum Gasteiger partial charge on any atom is -0.444 e. The fourth-order valence-electron chi connectivity index (χ4n) is 10.2. The number of carbonyl (C=O) groups excluding carboxylic acids is 2. The third-order valence-electron chi connectivity index (χ3n) is 13.3. The number of likely N-dealkylation sites (tertiary alicyclic amines) is 2. The Labute approximate surface area is 336 Å². The van der Waals surface area contributed by atoms with E-state index in [0.29, 0.717) is 46.1 Å². The van der Waals surface area contributed by atoms with Crippen LogP contribution in [0, 0.1) is 11.3 Å². The molecule has 5 aromatic rings. The summed E-state index contributed by atoms with van der Waals surface area (Å²) < 4.78 is 44.7. The molecule has 0 unspecified atom stereocenters. The number of imidazole rings is 2. The van der Waals surface area contributed by atoms with Crippen molar-refractivity contribution < 1.29 is 27.8 Å². The number of aromatic amines is 2. The van der Waals surface area contributed by atoms with Gasteiger partial charge in [-0.1, -0.05) is 30.3 Å². The number of nitrogens with one attached hydrogen (secondary N) is 2. The summed E-state index contributed by atoms with van der Waals surface area (Å²) in [6, 6.07) is 16.1. The van der Waals surface area contributed by atoms with E-state index in [-0.39, 0.29) is 46.7 Å². The molecule has 302 valence electrons. The highest BCUT2D eigenvalue weighted by atomic mass is 19.3. The lowest BCUT2D eigenvalue weighted by molar-refractivity contribution is -0.0174. The number of halogens is 2. The van der Waals surface area contributed by atoms with Gasteiger partial charge in [-0.3, -0.25) is 9.80 Å². The van der Waals surface area contributed by atoms with Crippen LogP contribution in [0.5, 0.6) is 0 Å². The monoisotopic (exact) mass is 788 g/mol. The highest BCUT2D eigenvalue weighted by Crippen LogP contribution is 2.59. The van der Waals surface area contributed by atoms with Crippen molar-refractivity contribution in [3.8, 4) is 33.5 Å². The number of hydrogen-bond donors (Lipinski definition) is 2. The molecule has 4 heterocycles. The molecule has 58 heavy (non-hydrogen) atoms. The summed E-state index contributed by atoms with van der Waals surface area (Å²) in [5.41, 5.74) is 3.31. The van der Waals surface area contributed by atoms with E-state index in [1.54, 1.807) is 35.4 Å². The average Bonchev–Trinajstić information content (AvgIpc) is 3.78. The van der Waals surface area contributed by atoms with Crippen molar-refractivity contribution in [1.82, 2.24) is 29.7 Å². The summed E-state index contributed by atoms with van der Waals surface area (Å²) >= 11 is 0. The summed E-state index contributed by atoms with van der Waals surface area (Å²) in [6.07, 6.45) is 6.76. The SMILES string of the molecule is CC(C)(C)OC(=O)N1CC2(CC2)C[C@H]1c1ncc(-c2ccc3c(c2)C(F)(F)c2cc(-c4ccc5nc([C@]6(C)[C@H]7CC[C@H](C7)N6C(=O)OC(C)(C)C)[nH]c5c4)ccc2-3)[nH]1. The van der Waals surface area contributed by atoms with Gasteiger partial charge >= 0.3 is 12.2 Å². The number of piperidine rings is 1.